The van der Waals surface area contributed by atoms with E-state index in [1.807, 2.05) is 5.38 Å². The Hall–Kier alpha value is -0.0400. The molecule has 0 atom stereocenters. The first-order chi connectivity index (χ1) is 6.74. The minimum Gasteiger partial charge on any atom is -0.375 e. The van der Waals surface area contributed by atoms with Gasteiger partial charge in [-0.25, -0.2) is 4.98 Å². The molecular weight excluding hydrogens is 300 g/mol. The van der Waals surface area contributed by atoms with E-state index in [9.17, 15) is 0 Å². The average molecular weight is 307 g/mol. The number of hydrogen-bond donors (Lipinski definition) is 1. The van der Waals surface area contributed by atoms with Crippen LogP contribution in [0.4, 0.5) is 5.13 Å². The molecule has 2 heterocycles. The minimum atomic E-state index is 0.646. The zero-order chi connectivity index (χ0) is 9.97. The van der Waals surface area contributed by atoms with Crippen LogP contribution >= 0.6 is 50.4 Å². The quantitative estimate of drug-likeness (QED) is 0.876. The van der Waals surface area contributed by atoms with Gasteiger partial charge in [0, 0.05) is 11.1 Å². The molecule has 0 aliphatic carbocycles. The molecule has 0 saturated heterocycles. The van der Waals surface area contributed by atoms with Crippen molar-refractivity contribution in [2.24, 2.45) is 0 Å². The molecule has 0 fully saturated rings. The van der Waals surface area contributed by atoms with Gasteiger partial charge in [0.15, 0.2) is 5.13 Å². The highest BCUT2D eigenvalue weighted by Crippen LogP contribution is 2.32. The first-order valence-corrected chi connectivity index (χ1v) is 7.29. The SMILES string of the molecule is Nc1nc(CSc2ccc(Br)s2)cs1. The van der Waals surface area contributed by atoms with Crippen LogP contribution in [0.15, 0.2) is 25.5 Å². The Morgan fingerprint density at radius 3 is 2.93 bits per heavy atom. The predicted octanol–water partition coefficient (Wildman–Crippen LogP) is 3.84. The summed E-state index contributed by atoms with van der Waals surface area (Å²) >= 11 is 8.45. The second kappa shape index (κ2) is 4.65. The fourth-order valence-corrected chi connectivity index (χ4v) is 4.30. The molecule has 2 aromatic rings. The topological polar surface area (TPSA) is 38.9 Å². The molecule has 6 heteroatoms. The fourth-order valence-electron chi connectivity index (χ4n) is 0.909. The van der Waals surface area contributed by atoms with Crippen LogP contribution in [0.1, 0.15) is 5.69 Å². The summed E-state index contributed by atoms with van der Waals surface area (Å²) in [6, 6.07) is 4.16. The van der Waals surface area contributed by atoms with Crippen LogP contribution in [0, 0.1) is 0 Å². The molecule has 74 valence electrons. The van der Waals surface area contributed by atoms with E-state index in [-0.39, 0.29) is 0 Å². The normalized spacial score (nSPS) is 10.6. The molecule has 14 heavy (non-hydrogen) atoms. The van der Waals surface area contributed by atoms with Gasteiger partial charge in [-0.2, -0.15) is 0 Å². The lowest BCUT2D eigenvalue weighted by atomic mass is 10.6. The van der Waals surface area contributed by atoms with Crippen molar-refractivity contribution in [2.75, 3.05) is 5.73 Å². The van der Waals surface area contributed by atoms with Crippen LogP contribution < -0.4 is 5.73 Å². The zero-order valence-corrected chi connectivity index (χ0v) is 11.1. The van der Waals surface area contributed by atoms with Crippen molar-refractivity contribution in [3.8, 4) is 0 Å². The maximum Gasteiger partial charge on any atom is 0.180 e. The van der Waals surface area contributed by atoms with E-state index in [4.69, 9.17) is 5.73 Å². The molecule has 0 radical (unpaired) electrons. The molecule has 2 aromatic heterocycles. The van der Waals surface area contributed by atoms with Gasteiger partial charge >= 0.3 is 0 Å². The Morgan fingerprint density at radius 1 is 1.50 bits per heavy atom. The van der Waals surface area contributed by atoms with Gasteiger partial charge in [-0.1, -0.05) is 0 Å². The molecule has 0 amide bonds. The third-order valence-electron chi connectivity index (χ3n) is 1.48. The zero-order valence-electron chi connectivity index (χ0n) is 7.07. The second-order valence-electron chi connectivity index (χ2n) is 2.52. The van der Waals surface area contributed by atoms with Gasteiger partial charge in [0.2, 0.25) is 0 Å². The number of nitrogen functional groups attached to an aromatic ring is 1. The smallest absolute Gasteiger partial charge is 0.180 e. The van der Waals surface area contributed by atoms with Gasteiger partial charge in [-0.3, -0.25) is 0 Å². The maximum absolute atomic E-state index is 5.54. The van der Waals surface area contributed by atoms with Crippen LogP contribution in [0.3, 0.4) is 0 Å². The lowest BCUT2D eigenvalue weighted by molar-refractivity contribution is 1.24. The van der Waals surface area contributed by atoms with E-state index in [1.54, 1.807) is 23.1 Å². The molecule has 0 aliphatic rings. The Kier molecular flexibility index (Phi) is 3.48. The Labute approximate surface area is 103 Å². The number of nitrogens with two attached hydrogens (primary N) is 1. The van der Waals surface area contributed by atoms with Crippen molar-refractivity contribution >= 4 is 55.5 Å². The standard InChI is InChI=1S/C8H7BrN2S3/c9-6-1-2-7(14-6)12-3-5-4-13-8(10)11-5/h1-2,4H,3H2,(H2,10,11). The molecule has 2 rings (SSSR count). The average Bonchev–Trinajstić information content (AvgIpc) is 2.72. The predicted molar refractivity (Wildman–Crippen MR) is 68.1 cm³/mol. The van der Waals surface area contributed by atoms with E-state index in [2.05, 4.69) is 33.0 Å². The summed E-state index contributed by atoms with van der Waals surface area (Å²) in [6.45, 7) is 0. The van der Waals surface area contributed by atoms with E-state index >= 15 is 0 Å². The van der Waals surface area contributed by atoms with E-state index in [1.165, 1.54) is 15.5 Å². The molecule has 0 aromatic carbocycles. The number of aromatic nitrogens is 1. The molecule has 0 spiro atoms. The maximum atomic E-state index is 5.54. The largest absolute Gasteiger partial charge is 0.375 e. The van der Waals surface area contributed by atoms with E-state index in [0.29, 0.717) is 5.13 Å². The van der Waals surface area contributed by atoms with Crippen molar-refractivity contribution < 1.29 is 0 Å². The Balaban J connectivity index is 1.94. The highest BCUT2D eigenvalue weighted by atomic mass is 79.9. The van der Waals surface area contributed by atoms with Crippen LogP contribution in [-0.4, -0.2) is 4.98 Å². The minimum absolute atomic E-state index is 0.646. The van der Waals surface area contributed by atoms with E-state index in [0.717, 1.165) is 15.2 Å². The number of rotatable bonds is 3. The fraction of sp³-hybridized carbons (Fsp3) is 0.125. The highest BCUT2D eigenvalue weighted by molar-refractivity contribution is 9.11. The van der Waals surface area contributed by atoms with Gasteiger partial charge in [-0.15, -0.1) is 34.4 Å². The van der Waals surface area contributed by atoms with Gasteiger partial charge in [0.1, 0.15) is 0 Å². The first kappa shape index (κ1) is 10.5. The number of nitrogens with zero attached hydrogens (tertiary/aromatic N) is 1. The third kappa shape index (κ3) is 2.73. The van der Waals surface area contributed by atoms with Gasteiger partial charge in [0.25, 0.3) is 0 Å². The number of thiazole rings is 1. The van der Waals surface area contributed by atoms with Crippen molar-refractivity contribution in [3.63, 3.8) is 0 Å². The second-order valence-corrected chi connectivity index (χ2v) is 7.15. The van der Waals surface area contributed by atoms with Crippen LogP contribution in [0.25, 0.3) is 0 Å². The number of halogens is 1. The summed E-state index contributed by atoms with van der Waals surface area (Å²) in [5.74, 6) is 0.890. The molecule has 0 unspecified atom stereocenters. The number of thioether (sulfide) groups is 1. The van der Waals surface area contributed by atoms with Crippen LogP contribution in [-0.2, 0) is 5.75 Å². The highest BCUT2D eigenvalue weighted by Gasteiger charge is 2.02. The molecule has 2 N–H and O–H groups in total. The number of thiophene rings is 1. The van der Waals surface area contributed by atoms with Gasteiger partial charge in [-0.05, 0) is 28.1 Å². The number of hydrogen-bond acceptors (Lipinski definition) is 5. The lowest BCUT2D eigenvalue weighted by Crippen LogP contribution is -1.83. The molecule has 0 saturated carbocycles. The summed E-state index contributed by atoms with van der Waals surface area (Å²) in [4.78, 5) is 4.20. The molecule has 2 nitrogen and oxygen atoms in total. The summed E-state index contributed by atoms with van der Waals surface area (Å²) in [6.07, 6.45) is 0. The summed E-state index contributed by atoms with van der Waals surface area (Å²) in [7, 11) is 0. The Bertz CT molecular complexity index is 383. The van der Waals surface area contributed by atoms with Crippen molar-refractivity contribution in [1.29, 1.82) is 0 Å². The monoisotopic (exact) mass is 306 g/mol. The van der Waals surface area contributed by atoms with Crippen molar-refractivity contribution in [1.82, 2.24) is 4.98 Å². The van der Waals surface area contributed by atoms with Crippen LogP contribution in [0.5, 0.6) is 0 Å². The summed E-state index contributed by atoms with van der Waals surface area (Å²) < 4.78 is 2.46. The lowest BCUT2D eigenvalue weighted by Gasteiger charge is -1.93. The molecule has 0 aliphatic heterocycles. The third-order valence-corrected chi connectivity index (χ3v) is 5.09. The van der Waals surface area contributed by atoms with Crippen molar-refractivity contribution in [2.45, 2.75) is 9.96 Å². The Morgan fingerprint density at radius 2 is 2.36 bits per heavy atom. The van der Waals surface area contributed by atoms with E-state index < -0.39 is 0 Å². The summed E-state index contributed by atoms with van der Waals surface area (Å²) in [5, 5.41) is 2.65. The number of anilines is 1. The first-order valence-electron chi connectivity index (χ1n) is 3.82. The van der Waals surface area contributed by atoms with Crippen LogP contribution in [0.2, 0.25) is 0 Å². The molecule has 0 bridgehead atoms. The molecular formula is C8H7BrN2S3. The summed E-state index contributed by atoms with van der Waals surface area (Å²) in [5.41, 5.74) is 6.60. The van der Waals surface area contributed by atoms with Gasteiger partial charge < -0.3 is 5.73 Å². The van der Waals surface area contributed by atoms with Crippen molar-refractivity contribution in [3.05, 3.63) is 27.0 Å². The van der Waals surface area contributed by atoms with Gasteiger partial charge in [0.05, 0.1) is 13.7 Å².